The number of carboxylic acids is 2. The van der Waals surface area contributed by atoms with Gasteiger partial charge in [-0.25, -0.2) is 0 Å². The molecule has 0 bridgehead atoms. The van der Waals surface area contributed by atoms with Crippen molar-refractivity contribution in [2.75, 3.05) is 6.61 Å². The summed E-state index contributed by atoms with van der Waals surface area (Å²) in [5.41, 5.74) is -0.287. The average Bonchev–Trinajstić information content (AvgIpc) is 2.37. The fraction of sp³-hybridized carbons (Fsp3) is 0.286. The summed E-state index contributed by atoms with van der Waals surface area (Å²) < 4.78 is 5.42. The van der Waals surface area contributed by atoms with E-state index in [-0.39, 0.29) is 13.0 Å². The molecule has 19 heavy (non-hydrogen) atoms. The summed E-state index contributed by atoms with van der Waals surface area (Å²) in [4.78, 5) is 22.6. The molecule has 0 amide bonds. The van der Waals surface area contributed by atoms with Gasteiger partial charge in [0.2, 0.25) is 0 Å². The molecule has 1 heterocycles. The maximum atomic E-state index is 11.6. The van der Waals surface area contributed by atoms with E-state index in [1.54, 1.807) is 24.3 Å². The number of rotatable bonds is 4. The predicted octanol–water partition coefficient (Wildman–Crippen LogP) is 1.91. The minimum atomic E-state index is -1.43. The van der Waals surface area contributed by atoms with Crippen molar-refractivity contribution in [3.8, 4) is 5.75 Å². The number of hydrogen-bond donors (Lipinski definition) is 2. The zero-order valence-corrected chi connectivity index (χ0v) is 10.3. The number of aliphatic carboxylic acids is 2. The van der Waals surface area contributed by atoms with Gasteiger partial charge in [-0.15, -0.1) is 0 Å². The molecule has 0 spiro atoms. The Bertz CT molecular complexity index is 549. The van der Waals surface area contributed by atoms with Crippen LogP contribution in [0.2, 0.25) is 0 Å². The first-order valence-electron chi connectivity index (χ1n) is 5.84. The van der Waals surface area contributed by atoms with Crippen LogP contribution in [0.4, 0.5) is 0 Å². The van der Waals surface area contributed by atoms with Gasteiger partial charge in [-0.1, -0.05) is 18.7 Å². The molecular formula is C14H14O5. The maximum Gasteiger partial charge on any atom is 0.314 e. The molecule has 0 saturated heterocycles. The number of fused-ring (bicyclic) bond motifs is 1. The highest BCUT2D eigenvalue weighted by atomic mass is 16.5. The summed E-state index contributed by atoms with van der Waals surface area (Å²) in [6.07, 6.45) is 1.27. The molecule has 2 N–H and O–H groups in total. The van der Waals surface area contributed by atoms with E-state index in [0.29, 0.717) is 11.3 Å². The third-order valence-electron chi connectivity index (χ3n) is 3.40. The molecule has 0 aliphatic carbocycles. The van der Waals surface area contributed by atoms with Crippen molar-refractivity contribution in [3.63, 3.8) is 0 Å². The first-order valence-corrected chi connectivity index (χ1v) is 5.84. The molecule has 1 aliphatic rings. The molecule has 1 aromatic rings. The minimum Gasteiger partial charge on any atom is -0.493 e. The van der Waals surface area contributed by atoms with Crippen molar-refractivity contribution >= 4 is 18.0 Å². The summed E-state index contributed by atoms with van der Waals surface area (Å²) in [5.74, 6) is -1.85. The zero-order chi connectivity index (χ0) is 14.0. The van der Waals surface area contributed by atoms with Gasteiger partial charge in [-0.3, -0.25) is 9.59 Å². The van der Waals surface area contributed by atoms with Crippen molar-refractivity contribution in [3.05, 3.63) is 35.9 Å². The van der Waals surface area contributed by atoms with E-state index in [1.165, 1.54) is 0 Å². The standard InChI is InChI=1S/C14H14O5/c1-2-9-3-4-11-10(7-9)14(13(17)18,5-6-19-11)8-12(15)16/h2-4,7H,1,5-6,8H2,(H,15,16)(H,17,18). The Balaban J connectivity index is 2.62. The monoisotopic (exact) mass is 262 g/mol. The van der Waals surface area contributed by atoms with Crippen LogP contribution in [-0.2, 0) is 15.0 Å². The fourth-order valence-corrected chi connectivity index (χ4v) is 2.38. The van der Waals surface area contributed by atoms with Crippen molar-refractivity contribution in [2.24, 2.45) is 0 Å². The molecule has 1 atom stereocenters. The highest BCUT2D eigenvalue weighted by Gasteiger charge is 2.46. The number of carbonyl (C=O) groups is 2. The molecule has 100 valence electrons. The van der Waals surface area contributed by atoms with Crippen molar-refractivity contribution in [1.82, 2.24) is 0 Å². The molecule has 0 saturated carbocycles. The first kappa shape index (κ1) is 13.1. The van der Waals surface area contributed by atoms with Crippen molar-refractivity contribution in [2.45, 2.75) is 18.3 Å². The van der Waals surface area contributed by atoms with Gasteiger partial charge < -0.3 is 14.9 Å². The van der Waals surface area contributed by atoms with Crippen LogP contribution in [0, 0.1) is 0 Å². The quantitative estimate of drug-likeness (QED) is 0.865. The van der Waals surface area contributed by atoms with E-state index < -0.39 is 23.8 Å². The summed E-state index contributed by atoms with van der Waals surface area (Å²) in [5, 5.41) is 18.5. The molecule has 5 nitrogen and oxygen atoms in total. The van der Waals surface area contributed by atoms with E-state index in [9.17, 15) is 14.7 Å². The van der Waals surface area contributed by atoms with Crippen molar-refractivity contribution in [1.29, 1.82) is 0 Å². The third-order valence-corrected chi connectivity index (χ3v) is 3.40. The summed E-state index contributed by atoms with van der Waals surface area (Å²) in [6.45, 7) is 3.82. The molecule has 0 radical (unpaired) electrons. The van der Waals surface area contributed by atoms with Gasteiger partial charge in [-0.2, -0.15) is 0 Å². The molecular weight excluding hydrogens is 248 g/mol. The maximum absolute atomic E-state index is 11.6. The zero-order valence-electron chi connectivity index (χ0n) is 10.3. The number of hydrogen-bond acceptors (Lipinski definition) is 3. The molecule has 0 fully saturated rings. The van der Waals surface area contributed by atoms with E-state index in [0.717, 1.165) is 5.56 Å². The van der Waals surface area contributed by atoms with Crippen molar-refractivity contribution < 1.29 is 24.5 Å². The minimum absolute atomic E-state index is 0.141. The van der Waals surface area contributed by atoms with E-state index in [1.807, 2.05) is 0 Å². The Labute approximate surface area is 110 Å². The van der Waals surface area contributed by atoms with E-state index in [2.05, 4.69) is 6.58 Å². The van der Waals surface area contributed by atoms with Crippen LogP contribution in [0.3, 0.4) is 0 Å². The number of carboxylic acid groups (broad SMARTS) is 2. The van der Waals surface area contributed by atoms with Gasteiger partial charge in [0, 0.05) is 12.0 Å². The number of benzene rings is 1. The Morgan fingerprint density at radius 2 is 2.16 bits per heavy atom. The van der Waals surface area contributed by atoms with Crippen LogP contribution in [0.25, 0.3) is 6.08 Å². The van der Waals surface area contributed by atoms with Crippen LogP contribution in [0.1, 0.15) is 24.0 Å². The second kappa shape index (κ2) is 4.76. The van der Waals surface area contributed by atoms with Crippen LogP contribution < -0.4 is 4.74 Å². The lowest BCUT2D eigenvalue weighted by Gasteiger charge is -2.34. The lowest BCUT2D eigenvalue weighted by atomic mass is 9.73. The first-order chi connectivity index (χ1) is 8.99. The molecule has 2 rings (SSSR count). The topological polar surface area (TPSA) is 83.8 Å². The molecule has 1 aromatic carbocycles. The molecule has 1 aliphatic heterocycles. The van der Waals surface area contributed by atoms with Gasteiger partial charge >= 0.3 is 11.9 Å². The Morgan fingerprint density at radius 3 is 2.74 bits per heavy atom. The van der Waals surface area contributed by atoms with Crippen LogP contribution in [0.15, 0.2) is 24.8 Å². The largest absolute Gasteiger partial charge is 0.493 e. The third kappa shape index (κ3) is 2.19. The second-order valence-electron chi connectivity index (χ2n) is 4.52. The molecule has 1 unspecified atom stereocenters. The van der Waals surface area contributed by atoms with Crippen LogP contribution >= 0.6 is 0 Å². The number of ether oxygens (including phenoxy) is 1. The highest BCUT2D eigenvalue weighted by molar-refractivity contribution is 5.88. The Kier molecular flexibility index (Phi) is 3.29. The van der Waals surface area contributed by atoms with E-state index >= 15 is 0 Å². The highest BCUT2D eigenvalue weighted by Crippen LogP contribution is 2.42. The van der Waals surface area contributed by atoms with Gasteiger partial charge in [0.15, 0.2) is 0 Å². The Hall–Kier alpha value is -2.30. The molecule has 5 heteroatoms. The lowest BCUT2D eigenvalue weighted by Crippen LogP contribution is -2.42. The van der Waals surface area contributed by atoms with Gasteiger partial charge in [0.25, 0.3) is 0 Å². The second-order valence-corrected chi connectivity index (χ2v) is 4.52. The average molecular weight is 262 g/mol. The molecule has 0 aromatic heterocycles. The predicted molar refractivity (Wildman–Crippen MR) is 68.2 cm³/mol. The summed E-state index contributed by atoms with van der Waals surface area (Å²) >= 11 is 0. The smallest absolute Gasteiger partial charge is 0.314 e. The van der Waals surface area contributed by atoms with Crippen LogP contribution in [0.5, 0.6) is 5.75 Å². The normalized spacial score (nSPS) is 21.1. The summed E-state index contributed by atoms with van der Waals surface area (Å²) in [7, 11) is 0. The lowest BCUT2D eigenvalue weighted by molar-refractivity contribution is -0.151. The van der Waals surface area contributed by atoms with Gasteiger partial charge in [0.1, 0.15) is 11.2 Å². The fourth-order valence-electron chi connectivity index (χ4n) is 2.38. The Morgan fingerprint density at radius 1 is 1.42 bits per heavy atom. The summed E-state index contributed by atoms with van der Waals surface area (Å²) in [6, 6.07) is 5.05. The van der Waals surface area contributed by atoms with Crippen LogP contribution in [-0.4, -0.2) is 28.8 Å². The SMILES string of the molecule is C=Cc1ccc2c(c1)C(CC(=O)O)(C(=O)O)CCO2. The van der Waals surface area contributed by atoms with Gasteiger partial charge in [-0.05, 0) is 17.7 Å². The van der Waals surface area contributed by atoms with Gasteiger partial charge in [0.05, 0.1) is 13.0 Å². The van der Waals surface area contributed by atoms with E-state index in [4.69, 9.17) is 9.84 Å².